The van der Waals surface area contributed by atoms with Gasteiger partial charge in [0.05, 0.1) is 0 Å². The molecule has 0 aliphatic rings. The minimum absolute atomic E-state index is 0.289. The van der Waals surface area contributed by atoms with Crippen LogP contribution in [0.25, 0.3) is 0 Å². The Morgan fingerprint density at radius 3 is 2.64 bits per heavy atom. The lowest BCUT2D eigenvalue weighted by atomic mass is 10.5. The van der Waals surface area contributed by atoms with Crippen molar-refractivity contribution in [1.29, 1.82) is 0 Å². The standard InChI is InChI=1S/C8H8N2O/c1-3-7(2)11-8-9-5-4-6-10-8/h3-6H,1-2H2. The van der Waals surface area contributed by atoms with E-state index in [4.69, 9.17) is 4.74 Å². The summed E-state index contributed by atoms with van der Waals surface area (Å²) in [7, 11) is 0. The molecule has 1 aromatic rings. The van der Waals surface area contributed by atoms with Gasteiger partial charge >= 0.3 is 6.01 Å². The largest absolute Gasteiger partial charge is 0.425 e. The molecule has 0 bridgehead atoms. The zero-order valence-corrected chi connectivity index (χ0v) is 6.03. The van der Waals surface area contributed by atoms with Gasteiger partial charge in [-0.15, -0.1) is 0 Å². The third kappa shape index (κ3) is 2.21. The normalized spacial score (nSPS) is 8.73. The fraction of sp³-hybridized carbons (Fsp3) is 0. The van der Waals surface area contributed by atoms with Crippen molar-refractivity contribution in [1.82, 2.24) is 9.97 Å². The maximum atomic E-state index is 5.03. The Morgan fingerprint density at radius 2 is 2.09 bits per heavy atom. The molecule has 0 unspecified atom stereocenters. The molecule has 0 radical (unpaired) electrons. The molecule has 0 aliphatic heterocycles. The van der Waals surface area contributed by atoms with Crippen LogP contribution in [0.3, 0.4) is 0 Å². The van der Waals surface area contributed by atoms with Gasteiger partial charge < -0.3 is 4.74 Å². The summed E-state index contributed by atoms with van der Waals surface area (Å²) in [6.07, 6.45) is 4.69. The van der Waals surface area contributed by atoms with Crippen molar-refractivity contribution in [2.24, 2.45) is 0 Å². The van der Waals surface area contributed by atoms with E-state index in [1.807, 2.05) is 0 Å². The molecule has 3 nitrogen and oxygen atoms in total. The highest BCUT2D eigenvalue weighted by atomic mass is 16.5. The lowest BCUT2D eigenvalue weighted by Gasteiger charge is -1.99. The van der Waals surface area contributed by atoms with Crippen molar-refractivity contribution >= 4 is 0 Å². The Balaban J connectivity index is 2.65. The van der Waals surface area contributed by atoms with Crippen LogP contribution < -0.4 is 4.74 Å². The van der Waals surface area contributed by atoms with E-state index in [0.717, 1.165) is 0 Å². The van der Waals surface area contributed by atoms with Crippen LogP contribution in [0.2, 0.25) is 0 Å². The van der Waals surface area contributed by atoms with E-state index in [0.29, 0.717) is 5.76 Å². The Bertz CT molecular complexity index is 256. The molecule has 3 heteroatoms. The molecule has 0 aromatic carbocycles. The summed E-state index contributed by atoms with van der Waals surface area (Å²) in [5, 5.41) is 0. The smallest absolute Gasteiger partial charge is 0.321 e. The third-order valence-corrected chi connectivity index (χ3v) is 0.992. The third-order valence-electron chi connectivity index (χ3n) is 0.992. The van der Waals surface area contributed by atoms with Crippen molar-refractivity contribution < 1.29 is 4.74 Å². The highest BCUT2D eigenvalue weighted by Crippen LogP contribution is 2.02. The van der Waals surface area contributed by atoms with E-state index < -0.39 is 0 Å². The summed E-state index contributed by atoms with van der Waals surface area (Å²) in [6.45, 7) is 7.02. The number of rotatable bonds is 3. The topological polar surface area (TPSA) is 35.0 Å². The van der Waals surface area contributed by atoms with E-state index in [-0.39, 0.29) is 6.01 Å². The van der Waals surface area contributed by atoms with Gasteiger partial charge in [0.25, 0.3) is 0 Å². The first-order valence-corrected chi connectivity index (χ1v) is 3.09. The second-order valence-electron chi connectivity index (χ2n) is 1.80. The summed E-state index contributed by atoms with van der Waals surface area (Å²) in [5.41, 5.74) is 0. The number of aromatic nitrogens is 2. The Labute approximate surface area is 65.1 Å². The van der Waals surface area contributed by atoms with Crippen LogP contribution >= 0.6 is 0 Å². The molecular formula is C8H8N2O. The Kier molecular flexibility index (Phi) is 2.38. The molecule has 1 heterocycles. The van der Waals surface area contributed by atoms with Gasteiger partial charge in [-0.2, -0.15) is 0 Å². The fourth-order valence-electron chi connectivity index (χ4n) is 0.497. The van der Waals surface area contributed by atoms with Crippen LogP contribution in [0.1, 0.15) is 0 Å². The predicted octanol–water partition coefficient (Wildman–Crippen LogP) is 1.56. The zero-order valence-electron chi connectivity index (χ0n) is 6.03. The van der Waals surface area contributed by atoms with Crippen molar-refractivity contribution in [3.63, 3.8) is 0 Å². The second kappa shape index (κ2) is 3.51. The van der Waals surface area contributed by atoms with Crippen LogP contribution in [0, 0.1) is 0 Å². The molecular weight excluding hydrogens is 140 g/mol. The summed E-state index contributed by atoms with van der Waals surface area (Å²) in [6, 6.07) is 2.00. The minimum Gasteiger partial charge on any atom is -0.425 e. The molecule has 1 rings (SSSR count). The number of ether oxygens (including phenoxy) is 1. The number of hydrogen-bond donors (Lipinski definition) is 0. The van der Waals surface area contributed by atoms with E-state index >= 15 is 0 Å². The van der Waals surface area contributed by atoms with Gasteiger partial charge in [0.15, 0.2) is 0 Å². The summed E-state index contributed by atoms with van der Waals surface area (Å²) in [5.74, 6) is 0.441. The average Bonchev–Trinajstić information content (AvgIpc) is 2.06. The molecule has 0 saturated heterocycles. The first kappa shape index (κ1) is 7.47. The highest BCUT2D eigenvalue weighted by molar-refractivity contribution is 5.08. The maximum absolute atomic E-state index is 5.03. The molecule has 0 saturated carbocycles. The Hall–Kier alpha value is -1.64. The quantitative estimate of drug-likeness (QED) is 0.482. The SMILES string of the molecule is C=CC(=C)Oc1ncccn1. The van der Waals surface area contributed by atoms with Gasteiger partial charge in [-0.05, 0) is 12.1 Å². The lowest BCUT2D eigenvalue weighted by molar-refractivity contribution is 0.410. The molecule has 0 aliphatic carbocycles. The predicted molar refractivity (Wildman–Crippen MR) is 42.0 cm³/mol. The molecule has 0 spiro atoms. The van der Waals surface area contributed by atoms with Crippen LogP contribution in [0.15, 0.2) is 43.5 Å². The summed E-state index contributed by atoms with van der Waals surface area (Å²) in [4.78, 5) is 7.65. The van der Waals surface area contributed by atoms with Gasteiger partial charge in [-0.1, -0.05) is 13.2 Å². The van der Waals surface area contributed by atoms with Gasteiger partial charge in [-0.3, -0.25) is 0 Å². The van der Waals surface area contributed by atoms with Gasteiger partial charge in [0.1, 0.15) is 5.76 Å². The fourth-order valence-corrected chi connectivity index (χ4v) is 0.497. The lowest BCUT2D eigenvalue weighted by Crippen LogP contribution is -1.93. The van der Waals surface area contributed by atoms with Crippen molar-refractivity contribution in [3.8, 4) is 6.01 Å². The molecule has 0 amide bonds. The van der Waals surface area contributed by atoms with Gasteiger partial charge in [0.2, 0.25) is 0 Å². The van der Waals surface area contributed by atoms with E-state index in [2.05, 4.69) is 23.1 Å². The van der Waals surface area contributed by atoms with Crippen LogP contribution in [-0.4, -0.2) is 9.97 Å². The zero-order chi connectivity index (χ0) is 8.10. The first-order chi connectivity index (χ1) is 5.33. The van der Waals surface area contributed by atoms with Gasteiger partial charge in [-0.25, -0.2) is 9.97 Å². The van der Waals surface area contributed by atoms with Crippen molar-refractivity contribution in [2.75, 3.05) is 0 Å². The van der Waals surface area contributed by atoms with E-state index in [1.165, 1.54) is 6.08 Å². The molecule has 0 N–H and O–H groups in total. The van der Waals surface area contributed by atoms with Crippen LogP contribution in [0.4, 0.5) is 0 Å². The van der Waals surface area contributed by atoms with E-state index in [1.54, 1.807) is 18.5 Å². The van der Waals surface area contributed by atoms with Gasteiger partial charge in [0, 0.05) is 12.4 Å². The second-order valence-corrected chi connectivity index (χ2v) is 1.80. The van der Waals surface area contributed by atoms with Crippen LogP contribution in [-0.2, 0) is 0 Å². The van der Waals surface area contributed by atoms with Crippen molar-refractivity contribution in [3.05, 3.63) is 43.5 Å². The first-order valence-electron chi connectivity index (χ1n) is 3.09. The summed E-state index contributed by atoms with van der Waals surface area (Å²) >= 11 is 0. The molecule has 56 valence electrons. The number of hydrogen-bond acceptors (Lipinski definition) is 3. The summed E-state index contributed by atoms with van der Waals surface area (Å²) < 4.78 is 5.03. The average molecular weight is 148 g/mol. The van der Waals surface area contributed by atoms with Crippen LogP contribution in [0.5, 0.6) is 6.01 Å². The molecule has 0 fully saturated rings. The van der Waals surface area contributed by atoms with Crippen molar-refractivity contribution in [2.45, 2.75) is 0 Å². The number of allylic oxidation sites excluding steroid dienone is 1. The molecule has 0 atom stereocenters. The minimum atomic E-state index is 0.289. The monoisotopic (exact) mass is 148 g/mol. The number of nitrogens with zero attached hydrogens (tertiary/aromatic N) is 2. The molecule has 1 aromatic heterocycles. The van der Waals surface area contributed by atoms with E-state index in [9.17, 15) is 0 Å². The maximum Gasteiger partial charge on any atom is 0.321 e. The Morgan fingerprint density at radius 1 is 1.45 bits per heavy atom. The highest BCUT2D eigenvalue weighted by Gasteiger charge is 1.93. The molecule has 11 heavy (non-hydrogen) atoms.